The first-order valence-electron chi connectivity index (χ1n) is 22.3. The maximum absolute atomic E-state index is 14.3. The fourth-order valence-corrected chi connectivity index (χ4v) is 7.01. The topological polar surface area (TPSA) is 425 Å². The zero-order valence-corrected chi connectivity index (χ0v) is 40.1. The van der Waals surface area contributed by atoms with E-state index in [1.165, 1.54) is 0 Å². The molecule has 0 aliphatic rings. The molecule has 2 rings (SSSR count). The number of nitrogens with two attached hydrogens (primary N) is 3. The van der Waals surface area contributed by atoms with Gasteiger partial charge in [-0.25, -0.2) is 4.79 Å². The van der Waals surface area contributed by atoms with Crippen LogP contribution < -0.4 is 54.4 Å². The van der Waals surface area contributed by atoms with Crippen LogP contribution in [0.5, 0.6) is 0 Å². The number of carbonyl (C=O) groups is 9. The van der Waals surface area contributed by atoms with Gasteiger partial charge in [0.05, 0.1) is 25.2 Å². The molecule has 1 aromatic heterocycles. The number of aromatic amines is 1. The lowest BCUT2D eigenvalue weighted by atomic mass is 9.98. The van der Waals surface area contributed by atoms with Gasteiger partial charge >= 0.3 is 11.9 Å². The van der Waals surface area contributed by atoms with Crippen molar-refractivity contribution in [1.29, 1.82) is 0 Å². The van der Waals surface area contributed by atoms with E-state index in [0.29, 0.717) is 22.9 Å². The molecule has 25 nitrogen and oxygen atoms in total. The number of benzene rings is 1. The molecule has 69 heavy (non-hydrogen) atoms. The van der Waals surface area contributed by atoms with Crippen LogP contribution in [0.25, 0.3) is 10.9 Å². The predicted octanol–water partition coefficient (Wildman–Crippen LogP) is -3.56. The molecule has 1 aromatic carbocycles. The highest BCUT2D eigenvalue weighted by atomic mass is 32.1. The van der Waals surface area contributed by atoms with Crippen LogP contribution in [0.2, 0.25) is 0 Å². The SMILES string of the molecule is CC[C@H](C)[C@H](N)C(=O)N[C@@H](CCCN=C(N)N)C(=O)N[C@@H](Cc1c[nH]c2ccccc12)C(=O)N[C@@H](CC(=O)O)C(=O)N[C@H](C(=O)N[C@@H](CO)C(=O)N[C@@H](CC(C)C)C(=O)N[C@@H](CS)C(=O)O)[C@@H](C)O. The van der Waals surface area contributed by atoms with Crippen LogP contribution in [0.4, 0.5) is 0 Å². The minimum atomic E-state index is -1.96. The van der Waals surface area contributed by atoms with Crippen LogP contribution in [-0.2, 0) is 49.6 Å². The molecule has 1 heterocycles. The molecule has 26 heteroatoms. The number of amides is 7. The highest BCUT2D eigenvalue weighted by Gasteiger charge is 2.37. The van der Waals surface area contributed by atoms with Gasteiger partial charge < -0.3 is 79.8 Å². The fourth-order valence-electron chi connectivity index (χ4n) is 6.76. The number of carboxylic acid groups (broad SMARTS) is 2. The zero-order valence-electron chi connectivity index (χ0n) is 39.2. The Hall–Kier alpha value is -6.51. The van der Waals surface area contributed by atoms with E-state index in [1.54, 1.807) is 51.2 Å². The van der Waals surface area contributed by atoms with Crippen LogP contribution in [-0.4, -0.2) is 158 Å². The van der Waals surface area contributed by atoms with Crippen LogP contribution in [0, 0.1) is 11.8 Å². The number of nitrogens with zero attached hydrogens (tertiary/aromatic N) is 1. The first kappa shape index (κ1) is 58.6. The minimum absolute atomic E-state index is 0.00285. The van der Waals surface area contributed by atoms with Crippen molar-refractivity contribution in [3.05, 3.63) is 36.0 Å². The molecule has 18 N–H and O–H groups in total. The molecule has 0 saturated heterocycles. The average molecular weight is 993 g/mol. The van der Waals surface area contributed by atoms with Crippen LogP contribution in [0.3, 0.4) is 0 Å². The Morgan fingerprint density at radius 2 is 1.26 bits per heavy atom. The summed E-state index contributed by atoms with van der Waals surface area (Å²) in [5, 5.41) is 57.1. The monoisotopic (exact) mass is 992 g/mol. The van der Waals surface area contributed by atoms with Gasteiger partial charge in [-0.05, 0) is 49.7 Å². The summed E-state index contributed by atoms with van der Waals surface area (Å²) in [6.07, 6.45) is -0.745. The van der Waals surface area contributed by atoms with Crippen LogP contribution >= 0.6 is 12.6 Å². The third-order valence-corrected chi connectivity index (χ3v) is 11.3. The number of rotatable bonds is 30. The number of guanidine groups is 1. The molecule has 0 spiro atoms. The lowest BCUT2D eigenvalue weighted by Crippen LogP contribution is -2.62. The van der Waals surface area contributed by atoms with Gasteiger partial charge in [-0.3, -0.25) is 43.3 Å². The molecular weight excluding hydrogens is 925 g/mol. The summed E-state index contributed by atoms with van der Waals surface area (Å²) in [7, 11) is 0. The molecule has 0 unspecified atom stereocenters. The Morgan fingerprint density at radius 1 is 0.725 bits per heavy atom. The second-order valence-corrected chi connectivity index (χ2v) is 17.3. The second-order valence-electron chi connectivity index (χ2n) is 16.9. The molecule has 0 aliphatic heterocycles. The van der Waals surface area contributed by atoms with Crippen LogP contribution in [0.1, 0.15) is 72.3 Å². The lowest BCUT2D eigenvalue weighted by molar-refractivity contribution is -0.142. The molecule has 0 bridgehead atoms. The van der Waals surface area contributed by atoms with E-state index < -0.39 is 121 Å². The molecule has 10 atom stereocenters. The van der Waals surface area contributed by atoms with Crippen molar-refractivity contribution in [2.75, 3.05) is 18.9 Å². The Kier molecular flexibility index (Phi) is 24.4. The summed E-state index contributed by atoms with van der Waals surface area (Å²) in [6, 6.07) is -5.27. The number of hydrogen-bond acceptors (Lipinski definition) is 14. The second kappa shape index (κ2) is 28.7. The number of thiol groups is 1. The Bertz CT molecular complexity index is 2130. The van der Waals surface area contributed by atoms with E-state index in [4.69, 9.17) is 17.2 Å². The normalized spacial score (nSPS) is 15.6. The van der Waals surface area contributed by atoms with Gasteiger partial charge in [-0.15, -0.1) is 0 Å². The van der Waals surface area contributed by atoms with E-state index in [9.17, 15) is 63.6 Å². The Morgan fingerprint density at radius 3 is 1.83 bits per heavy atom. The highest BCUT2D eigenvalue weighted by molar-refractivity contribution is 7.80. The first-order valence-corrected chi connectivity index (χ1v) is 22.9. The highest BCUT2D eigenvalue weighted by Crippen LogP contribution is 2.20. The fraction of sp³-hybridized carbons (Fsp3) is 0.581. The number of aliphatic imine (C=N–C) groups is 1. The number of hydrogen-bond donors (Lipinski definition) is 16. The number of carboxylic acids is 2. The maximum Gasteiger partial charge on any atom is 0.327 e. The van der Waals surface area contributed by atoms with Crippen molar-refractivity contribution < 1.29 is 63.6 Å². The van der Waals surface area contributed by atoms with E-state index in [1.807, 2.05) is 6.92 Å². The number of para-hydroxylation sites is 1. The van der Waals surface area contributed by atoms with Crippen molar-refractivity contribution in [2.24, 2.45) is 34.0 Å². The number of aliphatic carboxylic acids is 2. The summed E-state index contributed by atoms with van der Waals surface area (Å²) in [5.41, 5.74) is 18.2. The van der Waals surface area contributed by atoms with Gasteiger partial charge in [0.15, 0.2) is 5.96 Å². The molecular formula is C43H68N12O13S. The molecule has 7 amide bonds. The van der Waals surface area contributed by atoms with Crippen molar-refractivity contribution in [3.8, 4) is 0 Å². The standard InChI is InChI=1S/C43H68N12O13S/c1-6-21(4)33(44)40(65)49-26(12-9-13-47-43(45)46)35(60)51-28(15-23-17-48-25-11-8-7-10-24(23)25)37(62)52-29(16-32(58)59)38(63)55-34(22(5)57)41(66)53-30(18-56)39(64)50-27(14-20(2)3)36(61)54-31(19-69)42(67)68/h7-8,10-11,17,20-22,26-31,33-34,48,56-57,69H,6,9,12-16,18-19,44H2,1-5H3,(H,49,65)(H,50,64)(H,51,60)(H,52,62)(H,53,66)(H,54,61)(H,55,63)(H,58,59)(H,67,68)(H4,45,46,47)/t21-,22+,26-,27-,28-,29-,30-,31-,33-,34-/m0/s1. The van der Waals surface area contributed by atoms with E-state index in [2.05, 4.69) is 59.8 Å². The molecule has 0 radical (unpaired) electrons. The van der Waals surface area contributed by atoms with Crippen molar-refractivity contribution in [2.45, 2.75) is 128 Å². The van der Waals surface area contributed by atoms with E-state index in [0.717, 1.165) is 6.92 Å². The zero-order chi connectivity index (χ0) is 52.1. The molecule has 2 aromatic rings. The van der Waals surface area contributed by atoms with Crippen LogP contribution in [0.15, 0.2) is 35.5 Å². The third-order valence-electron chi connectivity index (χ3n) is 10.9. The lowest BCUT2D eigenvalue weighted by Gasteiger charge is -2.28. The number of aliphatic hydroxyl groups excluding tert-OH is 2. The van der Waals surface area contributed by atoms with Crippen molar-refractivity contribution in [3.63, 3.8) is 0 Å². The predicted molar refractivity (Wildman–Crippen MR) is 255 cm³/mol. The van der Waals surface area contributed by atoms with Crippen molar-refractivity contribution >= 4 is 82.8 Å². The first-order chi connectivity index (χ1) is 32.4. The van der Waals surface area contributed by atoms with E-state index in [-0.39, 0.29) is 55.8 Å². The third kappa shape index (κ3) is 19.2. The number of aliphatic hydroxyl groups is 2. The van der Waals surface area contributed by atoms with Gasteiger partial charge in [-0.1, -0.05) is 52.3 Å². The van der Waals surface area contributed by atoms with Gasteiger partial charge in [0.1, 0.15) is 42.3 Å². The summed E-state index contributed by atoms with van der Waals surface area (Å²) >= 11 is 3.92. The molecule has 0 fully saturated rings. The Balaban J connectivity index is 2.44. The van der Waals surface area contributed by atoms with Gasteiger partial charge in [0.25, 0.3) is 0 Å². The average Bonchev–Trinajstić information content (AvgIpc) is 3.70. The smallest absolute Gasteiger partial charge is 0.327 e. The summed E-state index contributed by atoms with van der Waals surface area (Å²) in [5.74, 6) is -11.1. The number of H-pyrrole nitrogens is 1. The number of aromatic nitrogens is 1. The molecule has 0 aliphatic carbocycles. The van der Waals surface area contributed by atoms with Gasteiger partial charge in [0, 0.05) is 35.8 Å². The number of fused-ring (bicyclic) bond motifs is 1. The van der Waals surface area contributed by atoms with E-state index >= 15 is 0 Å². The number of carbonyl (C=O) groups excluding carboxylic acids is 7. The summed E-state index contributed by atoms with van der Waals surface area (Å²) in [6.45, 7) is 7.10. The summed E-state index contributed by atoms with van der Waals surface area (Å²) in [4.78, 5) is 126. The van der Waals surface area contributed by atoms with Crippen molar-refractivity contribution in [1.82, 2.24) is 42.2 Å². The van der Waals surface area contributed by atoms with Gasteiger partial charge in [0.2, 0.25) is 41.4 Å². The maximum atomic E-state index is 14.3. The largest absolute Gasteiger partial charge is 0.481 e. The minimum Gasteiger partial charge on any atom is -0.481 e. The van der Waals surface area contributed by atoms with Gasteiger partial charge in [-0.2, -0.15) is 12.6 Å². The number of nitrogens with one attached hydrogen (secondary N) is 8. The molecule has 0 saturated carbocycles. The molecule has 384 valence electrons. The Labute approximate surface area is 404 Å². The quantitative estimate of drug-likeness (QED) is 0.0156. The summed E-state index contributed by atoms with van der Waals surface area (Å²) < 4.78 is 0.